The lowest BCUT2D eigenvalue weighted by atomic mass is 10.0. The number of benzene rings is 4. The van der Waals surface area contributed by atoms with Gasteiger partial charge in [0.25, 0.3) is 0 Å². The Labute approximate surface area is 161 Å². The highest BCUT2D eigenvalue weighted by atomic mass is 16.3. The number of hydrogen-bond donors (Lipinski definition) is 0. The van der Waals surface area contributed by atoms with Gasteiger partial charge in [0.1, 0.15) is 11.2 Å². The number of furan rings is 1. The second kappa shape index (κ2) is 5.61. The first-order chi connectivity index (χ1) is 13.8. The van der Waals surface area contributed by atoms with Crippen LogP contribution < -0.4 is 0 Å². The number of fused-ring (bicyclic) bond motifs is 6. The Morgan fingerprint density at radius 3 is 2.11 bits per heavy atom. The molecule has 0 fully saturated rings. The molecule has 0 radical (unpaired) electrons. The molecule has 2 nitrogen and oxygen atoms in total. The standard InChI is InChI=1S/C26H17NO/c1-2-27-23-9-5-3-7-19(23)21-15-17(11-13-24(21)27)18-12-14-26-22(16-18)20-8-4-6-10-25(20)28-26/h2-16H,1H2. The molecule has 0 atom stereocenters. The predicted octanol–water partition coefficient (Wildman–Crippen LogP) is 7.46. The van der Waals surface area contributed by atoms with Crippen LogP contribution in [0.3, 0.4) is 0 Å². The summed E-state index contributed by atoms with van der Waals surface area (Å²) in [6.45, 7) is 3.99. The molecule has 0 amide bonds. The first-order valence-corrected chi connectivity index (χ1v) is 9.40. The fourth-order valence-corrected chi connectivity index (χ4v) is 4.28. The maximum Gasteiger partial charge on any atom is 0.135 e. The second-order valence-corrected chi connectivity index (χ2v) is 7.11. The zero-order chi connectivity index (χ0) is 18.7. The first kappa shape index (κ1) is 15.3. The minimum absolute atomic E-state index is 0.925. The third kappa shape index (κ3) is 2.03. The molecular weight excluding hydrogens is 342 g/mol. The van der Waals surface area contributed by atoms with Gasteiger partial charge >= 0.3 is 0 Å². The summed E-state index contributed by atoms with van der Waals surface area (Å²) in [6.07, 6.45) is 1.88. The van der Waals surface area contributed by atoms with Crippen molar-refractivity contribution in [1.82, 2.24) is 4.57 Å². The number of aromatic nitrogens is 1. The van der Waals surface area contributed by atoms with E-state index in [4.69, 9.17) is 4.42 Å². The molecule has 0 aliphatic rings. The maximum absolute atomic E-state index is 5.97. The quantitative estimate of drug-likeness (QED) is 0.314. The van der Waals surface area contributed by atoms with E-state index >= 15 is 0 Å². The van der Waals surface area contributed by atoms with Crippen molar-refractivity contribution in [2.75, 3.05) is 0 Å². The van der Waals surface area contributed by atoms with Crippen LogP contribution in [0, 0.1) is 0 Å². The summed E-state index contributed by atoms with van der Waals surface area (Å²) in [7, 11) is 0. The third-order valence-corrected chi connectivity index (χ3v) is 5.60. The van der Waals surface area contributed by atoms with Crippen molar-refractivity contribution >= 4 is 49.9 Å². The summed E-state index contributed by atoms with van der Waals surface area (Å²) in [5.74, 6) is 0. The van der Waals surface area contributed by atoms with Gasteiger partial charge in [0, 0.05) is 27.7 Å². The molecule has 0 spiro atoms. The topological polar surface area (TPSA) is 18.1 Å². The van der Waals surface area contributed by atoms with Gasteiger partial charge in [0.15, 0.2) is 0 Å². The van der Waals surface area contributed by atoms with E-state index in [1.54, 1.807) is 0 Å². The summed E-state index contributed by atoms with van der Waals surface area (Å²) >= 11 is 0. The summed E-state index contributed by atoms with van der Waals surface area (Å²) in [6, 6.07) is 29.8. The van der Waals surface area contributed by atoms with Gasteiger partial charge in [-0.05, 0) is 47.5 Å². The van der Waals surface area contributed by atoms with Crippen LogP contribution in [-0.4, -0.2) is 4.57 Å². The van der Waals surface area contributed by atoms with Gasteiger partial charge in [-0.25, -0.2) is 0 Å². The number of rotatable bonds is 2. The molecule has 0 aliphatic carbocycles. The van der Waals surface area contributed by atoms with E-state index in [2.05, 4.69) is 83.9 Å². The van der Waals surface area contributed by atoms with Gasteiger partial charge in [0.05, 0.1) is 11.0 Å². The van der Waals surface area contributed by atoms with Crippen molar-refractivity contribution in [3.8, 4) is 11.1 Å². The van der Waals surface area contributed by atoms with Crippen molar-refractivity contribution in [3.63, 3.8) is 0 Å². The van der Waals surface area contributed by atoms with Gasteiger partial charge in [-0.3, -0.25) is 0 Å². The number of nitrogens with zero attached hydrogens (tertiary/aromatic N) is 1. The van der Waals surface area contributed by atoms with Crippen molar-refractivity contribution in [2.24, 2.45) is 0 Å². The zero-order valence-electron chi connectivity index (χ0n) is 15.2. The van der Waals surface area contributed by atoms with Crippen LogP contribution in [0.4, 0.5) is 0 Å². The normalized spacial score (nSPS) is 11.7. The minimum atomic E-state index is 0.925. The lowest BCUT2D eigenvalue weighted by Crippen LogP contribution is -1.84. The molecule has 0 saturated heterocycles. The van der Waals surface area contributed by atoms with Crippen LogP contribution in [0.2, 0.25) is 0 Å². The van der Waals surface area contributed by atoms with Gasteiger partial charge in [-0.1, -0.05) is 55.1 Å². The van der Waals surface area contributed by atoms with Crippen LogP contribution in [0.1, 0.15) is 0 Å². The van der Waals surface area contributed by atoms with Crippen molar-refractivity contribution < 1.29 is 4.42 Å². The Morgan fingerprint density at radius 2 is 1.25 bits per heavy atom. The van der Waals surface area contributed by atoms with E-state index in [0.717, 1.165) is 21.9 Å². The van der Waals surface area contributed by atoms with Crippen LogP contribution in [0.15, 0.2) is 95.9 Å². The summed E-state index contributed by atoms with van der Waals surface area (Å²) in [5.41, 5.74) is 6.60. The SMILES string of the molecule is C=Cn1c2ccccc2c2cc(-c3ccc4oc5ccccc5c4c3)ccc21. The van der Waals surface area contributed by atoms with Crippen molar-refractivity contribution in [3.05, 3.63) is 91.5 Å². The molecular formula is C26H17NO. The zero-order valence-corrected chi connectivity index (χ0v) is 15.2. The molecule has 4 aromatic carbocycles. The smallest absolute Gasteiger partial charge is 0.135 e. The Morgan fingerprint density at radius 1 is 0.607 bits per heavy atom. The van der Waals surface area contributed by atoms with Gasteiger partial charge in [-0.2, -0.15) is 0 Å². The van der Waals surface area contributed by atoms with Crippen LogP contribution in [0.5, 0.6) is 0 Å². The van der Waals surface area contributed by atoms with Gasteiger partial charge in [0.2, 0.25) is 0 Å². The van der Waals surface area contributed by atoms with Gasteiger partial charge in [-0.15, -0.1) is 0 Å². The highest BCUT2D eigenvalue weighted by molar-refractivity contribution is 6.11. The Kier molecular flexibility index (Phi) is 3.06. The fraction of sp³-hybridized carbons (Fsp3) is 0. The molecule has 0 N–H and O–H groups in total. The largest absolute Gasteiger partial charge is 0.456 e. The predicted molar refractivity (Wildman–Crippen MR) is 119 cm³/mol. The highest BCUT2D eigenvalue weighted by Gasteiger charge is 2.11. The second-order valence-electron chi connectivity index (χ2n) is 7.11. The Balaban J connectivity index is 1.63. The average Bonchev–Trinajstić information content (AvgIpc) is 3.28. The highest BCUT2D eigenvalue weighted by Crippen LogP contribution is 2.35. The fourth-order valence-electron chi connectivity index (χ4n) is 4.28. The van der Waals surface area contributed by atoms with E-state index in [-0.39, 0.29) is 0 Å². The molecule has 6 rings (SSSR count). The van der Waals surface area contributed by atoms with Crippen LogP contribution in [0.25, 0.3) is 61.1 Å². The lowest BCUT2D eigenvalue weighted by Gasteiger charge is -2.04. The maximum atomic E-state index is 5.97. The van der Waals surface area contributed by atoms with Crippen LogP contribution in [-0.2, 0) is 0 Å². The summed E-state index contributed by atoms with van der Waals surface area (Å²) in [5, 5.41) is 4.80. The first-order valence-electron chi connectivity index (χ1n) is 9.40. The molecule has 0 bridgehead atoms. The molecule has 0 unspecified atom stereocenters. The molecule has 0 aliphatic heterocycles. The molecule has 132 valence electrons. The minimum Gasteiger partial charge on any atom is -0.456 e. The molecule has 2 heteroatoms. The van der Waals surface area contributed by atoms with E-state index in [1.807, 2.05) is 18.3 Å². The Hall–Kier alpha value is -3.78. The summed E-state index contributed by atoms with van der Waals surface area (Å²) in [4.78, 5) is 0. The molecule has 6 aromatic rings. The third-order valence-electron chi connectivity index (χ3n) is 5.60. The monoisotopic (exact) mass is 359 g/mol. The van der Waals surface area contributed by atoms with E-state index in [1.165, 1.54) is 32.9 Å². The molecule has 0 saturated carbocycles. The average molecular weight is 359 g/mol. The molecule has 2 heterocycles. The molecule has 28 heavy (non-hydrogen) atoms. The van der Waals surface area contributed by atoms with Crippen molar-refractivity contribution in [1.29, 1.82) is 0 Å². The van der Waals surface area contributed by atoms with Crippen molar-refractivity contribution in [2.45, 2.75) is 0 Å². The number of para-hydroxylation sites is 2. The van der Waals surface area contributed by atoms with E-state index in [0.29, 0.717) is 0 Å². The number of hydrogen-bond acceptors (Lipinski definition) is 1. The molecule has 2 aromatic heterocycles. The van der Waals surface area contributed by atoms with Gasteiger partial charge < -0.3 is 8.98 Å². The Bertz CT molecular complexity index is 1530. The summed E-state index contributed by atoms with van der Waals surface area (Å²) < 4.78 is 8.13. The van der Waals surface area contributed by atoms with Crippen LogP contribution >= 0.6 is 0 Å². The van der Waals surface area contributed by atoms with E-state index < -0.39 is 0 Å². The van der Waals surface area contributed by atoms with E-state index in [9.17, 15) is 0 Å². The lowest BCUT2D eigenvalue weighted by molar-refractivity contribution is 0.669.